The number of aliphatic hydroxyl groups excluding tert-OH is 2. The predicted octanol–water partition coefficient (Wildman–Crippen LogP) is 8.01. The molecule has 7 atom stereocenters. The minimum atomic E-state index is -4.05. The summed E-state index contributed by atoms with van der Waals surface area (Å²) >= 11 is 0. The number of hydrogen-bond donors (Lipinski definition) is 4. The molecule has 316 valence electrons. The van der Waals surface area contributed by atoms with Gasteiger partial charge in [-0.15, -0.1) is 0 Å². The van der Waals surface area contributed by atoms with E-state index in [0.29, 0.717) is 17.8 Å². The molecule has 0 radical (unpaired) electrons. The van der Waals surface area contributed by atoms with Gasteiger partial charge in [-0.2, -0.15) is 4.72 Å². The molecule has 7 unspecified atom stereocenters. The van der Waals surface area contributed by atoms with Gasteiger partial charge in [0.25, 0.3) is 0 Å². The van der Waals surface area contributed by atoms with Crippen LogP contribution in [-0.2, 0) is 37.3 Å². The summed E-state index contributed by atoms with van der Waals surface area (Å²) in [6.07, 6.45) is -2.44. The molecule has 1 amide bonds. The van der Waals surface area contributed by atoms with Gasteiger partial charge in [0, 0.05) is 29.8 Å². The van der Waals surface area contributed by atoms with Gasteiger partial charge in [0.05, 0.1) is 29.8 Å². The molecule has 10 nitrogen and oxygen atoms in total. The van der Waals surface area contributed by atoms with E-state index in [9.17, 15) is 23.4 Å². The first-order valence-corrected chi connectivity index (χ1v) is 22.0. The Morgan fingerprint density at radius 2 is 1.36 bits per heavy atom. The van der Waals surface area contributed by atoms with E-state index in [1.165, 1.54) is 12.1 Å². The number of amides is 1. The number of nitrogens with zero attached hydrogens (tertiary/aromatic N) is 1. The van der Waals surface area contributed by atoms with Crippen molar-refractivity contribution in [3.8, 4) is 0 Å². The van der Waals surface area contributed by atoms with Crippen LogP contribution in [0.15, 0.2) is 169 Å². The summed E-state index contributed by atoms with van der Waals surface area (Å²) in [5.41, 5.74) is 6.31. The van der Waals surface area contributed by atoms with Gasteiger partial charge in [0.1, 0.15) is 6.04 Å². The molecule has 6 aromatic rings. The minimum Gasteiger partial charge on any atom is -0.392 e. The lowest BCUT2D eigenvalue weighted by atomic mass is 9.83. The van der Waals surface area contributed by atoms with Crippen LogP contribution in [0.5, 0.6) is 0 Å². The first-order valence-electron chi connectivity index (χ1n) is 20.5. The van der Waals surface area contributed by atoms with E-state index >= 15 is 0 Å². The van der Waals surface area contributed by atoms with Crippen LogP contribution in [0.25, 0.3) is 0 Å². The predicted molar refractivity (Wildman–Crippen MR) is 237 cm³/mol. The molecule has 1 heterocycles. The largest absolute Gasteiger partial charge is 0.392 e. The van der Waals surface area contributed by atoms with E-state index in [2.05, 4.69) is 27.1 Å². The van der Waals surface area contributed by atoms with Crippen molar-refractivity contribution >= 4 is 21.6 Å². The van der Waals surface area contributed by atoms with Crippen LogP contribution in [0.2, 0.25) is 0 Å². The highest BCUT2D eigenvalue weighted by molar-refractivity contribution is 7.89. The zero-order valence-electron chi connectivity index (χ0n) is 34.5. The van der Waals surface area contributed by atoms with Crippen molar-refractivity contribution in [1.82, 2.24) is 9.62 Å². The van der Waals surface area contributed by atoms with Gasteiger partial charge >= 0.3 is 0 Å². The highest BCUT2D eigenvalue weighted by Crippen LogP contribution is 2.47. The first kappa shape index (κ1) is 43.6. The third-order valence-corrected chi connectivity index (χ3v) is 12.9. The summed E-state index contributed by atoms with van der Waals surface area (Å²) in [7, 11) is -2.07. The van der Waals surface area contributed by atoms with E-state index in [-0.39, 0.29) is 29.9 Å². The summed E-state index contributed by atoms with van der Waals surface area (Å²) in [6, 6.07) is 49.0. The maximum atomic E-state index is 14.1. The maximum Gasteiger partial charge on any atom is 0.242 e. The zero-order valence-corrected chi connectivity index (χ0v) is 35.4. The molecule has 4 N–H and O–H groups in total. The standard InChI is InChI=1S/C50H53N3O7S/c1-34-22-28-43(29-23-34)61(57,58)52-44(30-36-14-7-4-8-15-36)49(56)51-42-21-13-20-41(31-42)50-59-45(32-53(3)35(2)47(55)39-18-11-6-12-19-39)46(38-16-9-5-10-17-38)48(60-50)40-26-24-37(33-54)25-27-40/h4-29,31,35,44-48,50,52,54-55H,30,32-33H2,1-3H3,(H,51,56). The number of anilines is 1. The van der Waals surface area contributed by atoms with Gasteiger partial charge in [-0.25, -0.2) is 8.42 Å². The first-order chi connectivity index (χ1) is 29.5. The lowest BCUT2D eigenvalue weighted by molar-refractivity contribution is -0.264. The minimum absolute atomic E-state index is 0.0658. The second kappa shape index (κ2) is 19.9. The average Bonchev–Trinajstić information content (AvgIpc) is 3.29. The highest BCUT2D eigenvalue weighted by atomic mass is 32.2. The third kappa shape index (κ3) is 10.9. The monoisotopic (exact) mass is 839 g/mol. The highest BCUT2D eigenvalue weighted by Gasteiger charge is 2.43. The van der Waals surface area contributed by atoms with Crippen LogP contribution >= 0.6 is 0 Å². The van der Waals surface area contributed by atoms with E-state index in [1.54, 1.807) is 30.3 Å². The molecule has 61 heavy (non-hydrogen) atoms. The molecule has 0 saturated carbocycles. The van der Waals surface area contributed by atoms with Gasteiger partial charge in [-0.3, -0.25) is 9.69 Å². The Morgan fingerprint density at radius 1 is 0.738 bits per heavy atom. The van der Waals surface area contributed by atoms with Crippen molar-refractivity contribution < 1.29 is 32.9 Å². The summed E-state index contributed by atoms with van der Waals surface area (Å²) < 4.78 is 43.7. The molecule has 0 bridgehead atoms. The van der Waals surface area contributed by atoms with E-state index in [1.807, 2.05) is 130 Å². The summed E-state index contributed by atoms with van der Waals surface area (Å²) in [5.74, 6) is -0.803. The number of aryl methyl sites for hydroxylation is 1. The maximum absolute atomic E-state index is 14.1. The van der Waals surface area contributed by atoms with Gasteiger partial charge in [-0.05, 0) is 79.4 Å². The van der Waals surface area contributed by atoms with Crippen molar-refractivity contribution in [1.29, 1.82) is 0 Å². The van der Waals surface area contributed by atoms with Crippen molar-refractivity contribution in [2.45, 2.75) is 74.4 Å². The molecule has 11 heteroatoms. The van der Waals surface area contributed by atoms with Gasteiger partial charge < -0.3 is 25.0 Å². The summed E-state index contributed by atoms with van der Waals surface area (Å²) in [4.78, 5) is 16.3. The molecular weight excluding hydrogens is 787 g/mol. The Morgan fingerprint density at radius 3 is 2.02 bits per heavy atom. The number of nitrogens with one attached hydrogen (secondary N) is 2. The molecule has 1 fully saturated rings. The third-order valence-electron chi connectivity index (χ3n) is 11.4. The normalized spacial score (nSPS) is 19.5. The molecule has 0 aromatic heterocycles. The van der Waals surface area contributed by atoms with Crippen LogP contribution in [-0.4, -0.2) is 61.2 Å². The Hall–Kier alpha value is -5.50. The van der Waals surface area contributed by atoms with Crippen molar-refractivity contribution in [2.24, 2.45) is 0 Å². The fourth-order valence-corrected chi connectivity index (χ4v) is 8.98. The SMILES string of the molecule is Cc1ccc(S(=O)(=O)NC(Cc2ccccc2)C(=O)Nc2cccc(C3OC(CN(C)C(C)C(O)c4ccccc4)C(c4ccccc4)C(c4ccc(CO)cc4)O3)c2)cc1. The van der Waals surface area contributed by atoms with Crippen LogP contribution in [0.1, 0.15) is 70.3 Å². The lowest BCUT2D eigenvalue weighted by Gasteiger charge is -2.45. The second-order valence-corrected chi connectivity index (χ2v) is 17.4. The fourth-order valence-electron chi connectivity index (χ4n) is 7.79. The summed E-state index contributed by atoms with van der Waals surface area (Å²) in [5, 5.41) is 24.3. The number of hydrogen-bond acceptors (Lipinski definition) is 8. The molecule has 0 spiro atoms. The van der Waals surface area contributed by atoms with Crippen LogP contribution in [0.4, 0.5) is 5.69 Å². The van der Waals surface area contributed by atoms with E-state index < -0.39 is 46.6 Å². The van der Waals surface area contributed by atoms with E-state index in [4.69, 9.17) is 9.47 Å². The lowest BCUT2D eigenvalue weighted by Crippen LogP contribution is -2.46. The number of aliphatic hydroxyl groups is 2. The zero-order chi connectivity index (χ0) is 42.9. The quantitative estimate of drug-likeness (QED) is 0.0770. The molecule has 1 saturated heterocycles. The molecule has 6 aromatic carbocycles. The van der Waals surface area contributed by atoms with Gasteiger partial charge in [0.15, 0.2) is 6.29 Å². The molecule has 1 aliphatic heterocycles. The number of sulfonamides is 1. The average molecular weight is 840 g/mol. The van der Waals surface area contributed by atoms with E-state index in [0.717, 1.165) is 33.4 Å². The Kier molecular flexibility index (Phi) is 14.2. The fraction of sp³-hybridized carbons (Fsp3) is 0.260. The van der Waals surface area contributed by atoms with Crippen molar-refractivity contribution in [3.05, 3.63) is 203 Å². The topological polar surface area (TPSA) is 137 Å². The Bertz CT molecular complexity index is 2440. The number of ether oxygens (including phenoxy) is 2. The Labute approximate surface area is 358 Å². The van der Waals surface area contributed by atoms with Crippen molar-refractivity contribution in [2.75, 3.05) is 18.9 Å². The molecule has 0 aliphatic carbocycles. The van der Waals surface area contributed by atoms with Crippen LogP contribution < -0.4 is 10.0 Å². The number of rotatable bonds is 16. The van der Waals surface area contributed by atoms with Gasteiger partial charge in [-0.1, -0.05) is 145 Å². The van der Waals surface area contributed by atoms with Crippen molar-refractivity contribution in [3.63, 3.8) is 0 Å². The molecule has 7 rings (SSSR count). The van der Waals surface area contributed by atoms with Crippen LogP contribution in [0.3, 0.4) is 0 Å². The smallest absolute Gasteiger partial charge is 0.242 e. The molecular formula is C50H53N3O7S. The Balaban J connectivity index is 1.19. The molecule has 1 aliphatic rings. The van der Waals surface area contributed by atoms with Crippen LogP contribution in [0, 0.1) is 6.92 Å². The number of likely N-dealkylation sites (N-methyl/N-ethyl adjacent to an activating group) is 1. The summed E-state index contributed by atoms with van der Waals surface area (Å²) in [6.45, 7) is 4.22. The van der Waals surface area contributed by atoms with Gasteiger partial charge in [0.2, 0.25) is 15.9 Å². The number of benzene rings is 6. The number of carbonyl (C=O) groups excluding carboxylic acids is 1. The second-order valence-electron chi connectivity index (χ2n) is 15.7. The number of carbonyl (C=O) groups is 1.